The summed E-state index contributed by atoms with van der Waals surface area (Å²) in [5.41, 5.74) is 3.59. The molecule has 2 aromatic carbocycles. The van der Waals surface area contributed by atoms with Crippen molar-refractivity contribution in [1.82, 2.24) is 20.4 Å². The van der Waals surface area contributed by atoms with Gasteiger partial charge in [0.05, 0.1) is 31.9 Å². The van der Waals surface area contributed by atoms with Crippen LogP contribution < -0.4 is 14.8 Å². The van der Waals surface area contributed by atoms with Crippen LogP contribution in [0.25, 0.3) is 17.0 Å². The number of ether oxygens (including phenoxy) is 3. The van der Waals surface area contributed by atoms with E-state index in [1.807, 2.05) is 67.3 Å². The Balaban J connectivity index is 1.75. The number of hydrogen-bond acceptors (Lipinski definition) is 7. The van der Waals surface area contributed by atoms with Gasteiger partial charge in [-0.15, -0.1) is 0 Å². The predicted molar refractivity (Wildman–Crippen MR) is 134 cm³/mol. The van der Waals surface area contributed by atoms with Crippen molar-refractivity contribution in [1.29, 1.82) is 0 Å². The summed E-state index contributed by atoms with van der Waals surface area (Å²) in [4.78, 5) is 6.73. The van der Waals surface area contributed by atoms with Crippen molar-refractivity contribution in [3.8, 4) is 22.9 Å². The molecule has 178 valence electrons. The highest BCUT2D eigenvalue weighted by atomic mass is 32.1. The van der Waals surface area contributed by atoms with E-state index in [1.165, 1.54) is 0 Å². The van der Waals surface area contributed by atoms with Crippen LogP contribution in [-0.2, 0) is 4.74 Å². The number of methoxy groups -OCH3 is 2. The molecule has 0 amide bonds. The molecule has 1 aliphatic rings. The molecule has 1 aromatic heterocycles. The molecule has 1 N–H and O–H groups in total. The van der Waals surface area contributed by atoms with Crippen molar-refractivity contribution in [2.75, 3.05) is 34.0 Å². The van der Waals surface area contributed by atoms with Gasteiger partial charge in [-0.3, -0.25) is 0 Å². The first-order valence-corrected chi connectivity index (χ1v) is 11.5. The molecule has 0 spiro atoms. The third-order valence-corrected chi connectivity index (χ3v) is 5.96. The lowest BCUT2D eigenvalue weighted by Crippen LogP contribution is -2.47. The van der Waals surface area contributed by atoms with Crippen molar-refractivity contribution in [2.45, 2.75) is 19.9 Å². The molecule has 9 heteroatoms. The molecule has 0 radical (unpaired) electrons. The average molecular weight is 481 g/mol. The van der Waals surface area contributed by atoms with Crippen molar-refractivity contribution >= 4 is 22.9 Å². The van der Waals surface area contributed by atoms with Gasteiger partial charge in [0.1, 0.15) is 11.5 Å². The fourth-order valence-electron chi connectivity index (χ4n) is 3.90. The van der Waals surface area contributed by atoms with Crippen LogP contribution in [0.15, 0.2) is 58.8 Å². The molecular weight excluding hydrogens is 452 g/mol. The second-order valence-electron chi connectivity index (χ2n) is 7.68. The van der Waals surface area contributed by atoms with Gasteiger partial charge in [0.2, 0.25) is 5.82 Å². The highest BCUT2D eigenvalue weighted by Gasteiger charge is 2.34. The van der Waals surface area contributed by atoms with Gasteiger partial charge in [-0.1, -0.05) is 17.3 Å². The zero-order valence-electron chi connectivity index (χ0n) is 19.7. The molecule has 4 rings (SSSR count). The van der Waals surface area contributed by atoms with Crippen molar-refractivity contribution < 1.29 is 18.7 Å². The molecule has 3 aromatic rings. The quantitative estimate of drug-likeness (QED) is 0.447. The molecule has 1 aliphatic heterocycles. The maximum absolute atomic E-state index is 5.78. The summed E-state index contributed by atoms with van der Waals surface area (Å²) in [6, 6.07) is 15.2. The minimum absolute atomic E-state index is 0.282. The summed E-state index contributed by atoms with van der Waals surface area (Å²) < 4.78 is 22.0. The van der Waals surface area contributed by atoms with Crippen LogP contribution in [0.3, 0.4) is 0 Å². The van der Waals surface area contributed by atoms with E-state index in [1.54, 1.807) is 14.2 Å². The van der Waals surface area contributed by atoms with Crippen molar-refractivity contribution in [2.24, 2.45) is 0 Å². The number of aromatic nitrogens is 2. The monoisotopic (exact) mass is 480 g/mol. The zero-order chi connectivity index (χ0) is 24.1. The minimum atomic E-state index is -0.282. The summed E-state index contributed by atoms with van der Waals surface area (Å²) >= 11 is 5.69. The van der Waals surface area contributed by atoms with Crippen LogP contribution >= 0.6 is 12.2 Å². The largest absolute Gasteiger partial charge is 0.497 e. The van der Waals surface area contributed by atoms with Gasteiger partial charge in [0.15, 0.2) is 5.11 Å². The molecule has 0 fully saturated rings. The van der Waals surface area contributed by atoms with Crippen LogP contribution in [0.4, 0.5) is 0 Å². The molecule has 0 saturated heterocycles. The molecule has 8 nitrogen and oxygen atoms in total. The predicted octanol–water partition coefficient (Wildman–Crippen LogP) is 4.45. The van der Waals surface area contributed by atoms with Crippen molar-refractivity contribution in [3.63, 3.8) is 0 Å². The van der Waals surface area contributed by atoms with Gasteiger partial charge in [0, 0.05) is 24.9 Å². The minimum Gasteiger partial charge on any atom is -0.497 e. The van der Waals surface area contributed by atoms with Gasteiger partial charge in [-0.05, 0) is 68.0 Å². The lowest BCUT2D eigenvalue weighted by Gasteiger charge is -2.37. The van der Waals surface area contributed by atoms with E-state index in [4.69, 9.17) is 35.9 Å². The first kappa shape index (κ1) is 23.7. The molecule has 1 atom stereocenters. The van der Waals surface area contributed by atoms with Crippen LogP contribution in [0.5, 0.6) is 11.5 Å². The lowest BCUT2D eigenvalue weighted by molar-refractivity contribution is 0.183. The van der Waals surface area contributed by atoms with Gasteiger partial charge in [-0.25, -0.2) is 0 Å². The maximum atomic E-state index is 5.78. The number of rotatable bonds is 9. The van der Waals surface area contributed by atoms with Crippen LogP contribution in [0.1, 0.15) is 31.3 Å². The SMILES string of the molecule is CCOc1ccc(-c2noc(C3=C(C)N(CCOC)C(=S)NC3c3cccc(OC)c3)n2)cc1. The second kappa shape index (κ2) is 10.7. The van der Waals surface area contributed by atoms with Gasteiger partial charge >= 0.3 is 0 Å². The molecule has 1 unspecified atom stereocenters. The Morgan fingerprint density at radius 2 is 1.91 bits per heavy atom. The Morgan fingerprint density at radius 1 is 1.12 bits per heavy atom. The molecule has 2 heterocycles. The average Bonchev–Trinajstić information content (AvgIpc) is 3.34. The Labute approximate surface area is 204 Å². The third kappa shape index (κ3) is 4.90. The van der Waals surface area contributed by atoms with E-state index in [0.29, 0.717) is 36.6 Å². The maximum Gasteiger partial charge on any atom is 0.258 e. The van der Waals surface area contributed by atoms with Gasteiger partial charge in [-0.2, -0.15) is 4.98 Å². The Kier molecular flexibility index (Phi) is 7.44. The summed E-state index contributed by atoms with van der Waals surface area (Å²) in [5.74, 6) is 2.47. The molecule has 34 heavy (non-hydrogen) atoms. The number of nitrogens with one attached hydrogen (secondary N) is 1. The highest BCUT2D eigenvalue weighted by molar-refractivity contribution is 7.80. The molecule has 0 saturated carbocycles. The Bertz CT molecular complexity index is 1180. The molecular formula is C25H28N4O4S. The summed E-state index contributed by atoms with van der Waals surface area (Å²) in [5, 5.41) is 8.30. The number of allylic oxidation sites excluding steroid dienone is 1. The highest BCUT2D eigenvalue weighted by Crippen LogP contribution is 2.38. The first-order valence-electron chi connectivity index (χ1n) is 11.0. The zero-order valence-corrected chi connectivity index (χ0v) is 20.5. The Hall–Kier alpha value is -3.43. The number of benzene rings is 2. The van der Waals surface area contributed by atoms with E-state index in [-0.39, 0.29) is 6.04 Å². The van der Waals surface area contributed by atoms with E-state index in [2.05, 4.69) is 10.5 Å². The summed E-state index contributed by atoms with van der Waals surface area (Å²) in [7, 11) is 3.31. The number of hydrogen-bond donors (Lipinski definition) is 1. The van der Waals surface area contributed by atoms with Crippen LogP contribution in [0.2, 0.25) is 0 Å². The first-order chi connectivity index (χ1) is 16.5. The van der Waals surface area contributed by atoms with Crippen LogP contribution in [0, 0.1) is 0 Å². The smallest absolute Gasteiger partial charge is 0.258 e. The molecule has 0 aliphatic carbocycles. The molecule has 0 bridgehead atoms. The summed E-state index contributed by atoms with van der Waals surface area (Å²) in [6.07, 6.45) is 0. The normalized spacial score (nSPS) is 15.9. The Morgan fingerprint density at radius 3 is 2.62 bits per heavy atom. The van der Waals surface area contributed by atoms with Gasteiger partial charge < -0.3 is 29.0 Å². The van der Waals surface area contributed by atoms with Crippen LogP contribution in [-0.4, -0.2) is 54.1 Å². The topological polar surface area (TPSA) is 81.9 Å². The fraction of sp³-hybridized carbons (Fsp3) is 0.320. The van der Waals surface area contributed by atoms with Crippen molar-refractivity contribution in [3.05, 3.63) is 65.7 Å². The van der Waals surface area contributed by atoms with Gasteiger partial charge in [0.25, 0.3) is 5.89 Å². The lowest BCUT2D eigenvalue weighted by atomic mass is 9.94. The number of nitrogens with zero attached hydrogens (tertiary/aromatic N) is 3. The third-order valence-electron chi connectivity index (χ3n) is 5.62. The van der Waals surface area contributed by atoms with E-state index in [9.17, 15) is 0 Å². The summed E-state index contributed by atoms with van der Waals surface area (Å²) in [6.45, 7) is 5.69. The second-order valence-corrected chi connectivity index (χ2v) is 8.07. The van der Waals surface area contributed by atoms with E-state index >= 15 is 0 Å². The van der Waals surface area contributed by atoms with E-state index in [0.717, 1.165) is 33.9 Å². The number of thiocarbonyl (C=S) groups is 1. The standard InChI is InChI=1S/C25H28N4O4S/c1-5-32-19-11-9-17(10-12-19)23-27-24(33-28-23)21-16(2)29(13-14-30-3)25(34)26-22(21)18-7-6-8-20(15-18)31-4/h6-12,15,22H,5,13-14H2,1-4H3,(H,26,34). The fourth-order valence-corrected chi connectivity index (χ4v) is 4.24. The van der Waals surface area contributed by atoms with E-state index < -0.39 is 0 Å².